The molecule has 0 saturated heterocycles. The van der Waals surface area contributed by atoms with Gasteiger partial charge in [0.15, 0.2) is 0 Å². The summed E-state index contributed by atoms with van der Waals surface area (Å²) in [6.45, 7) is 2.00. The third-order valence-electron chi connectivity index (χ3n) is 2.04. The van der Waals surface area contributed by atoms with Gasteiger partial charge >= 0.3 is 5.97 Å². The molecule has 86 valence electrons. The maximum atomic E-state index is 8.59. The van der Waals surface area contributed by atoms with Crippen LogP contribution in [0.15, 0.2) is 0 Å². The van der Waals surface area contributed by atoms with Gasteiger partial charge in [-0.1, -0.05) is 19.8 Å². The van der Waals surface area contributed by atoms with E-state index in [0.29, 0.717) is 6.42 Å². The van der Waals surface area contributed by atoms with Crippen LogP contribution in [0.3, 0.4) is 0 Å². The first-order chi connectivity index (χ1) is 6.70. The van der Waals surface area contributed by atoms with Crippen molar-refractivity contribution in [1.82, 2.24) is 0 Å². The van der Waals surface area contributed by atoms with Crippen molar-refractivity contribution in [3.05, 3.63) is 0 Å². The highest BCUT2D eigenvalue weighted by atomic mass is 17.3. The summed E-state index contributed by atoms with van der Waals surface area (Å²) in [7, 11) is 2.64. The molecular formula is C8H18O6. The van der Waals surface area contributed by atoms with E-state index >= 15 is 0 Å². The van der Waals surface area contributed by atoms with E-state index in [2.05, 4.69) is 9.78 Å². The molecule has 0 heterocycles. The van der Waals surface area contributed by atoms with Crippen molar-refractivity contribution >= 4 is 0 Å². The molecule has 0 spiro atoms. The minimum absolute atomic E-state index is 0.530. The lowest BCUT2D eigenvalue weighted by molar-refractivity contribution is -0.574. The van der Waals surface area contributed by atoms with Crippen LogP contribution in [0.1, 0.15) is 26.2 Å². The van der Waals surface area contributed by atoms with E-state index in [1.54, 1.807) is 0 Å². The molecule has 0 fully saturated rings. The second-order valence-electron chi connectivity index (χ2n) is 2.86. The Bertz CT molecular complexity index is 128. The third-order valence-corrected chi connectivity index (χ3v) is 2.04. The van der Waals surface area contributed by atoms with E-state index in [1.165, 1.54) is 14.2 Å². The minimum Gasteiger partial charge on any atom is -0.373 e. The molecule has 0 saturated carbocycles. The molecule has 0 bridgehead atoms. The average molecular weight is 210 g/mol. The van der Waals surface area contributed by atoms with Gasteiger partial charge < -0.3 is 9.47 Å². The maximum absolute atomic E-state index is 8.59. The van der Waals surface area contributed by atoms with Crippen LogP contribution in [0.25, 0.3) is 0 Å². The van der Waals surface area contributed by atoms with E-state index in [1.807, 2.05) is 6.92 Å². The zero-order valence-corrected chi connectivity index (χ0v) is 8.73. The lowest BCUT2D eigenvalue weighted by Gasteiger charge is -2.31. The first-order valence-corrected chi connectivity index (χ1v) is 4.43. The molecule has 6 nitrogen and oxygen atoms in total. The average Bonchev–Trinajstić information content (AvgIpc) is 2.25. The standard InChI is InChI=1S/C8H18O6/c1-4-5-6-7(11-2)8(12-3,13-9)14-10/h7,9-10H,4-6H2,1-3H3. The molecule has 0 aromatic rings. The zero-order chi connectivity index (χ0) is 11.0. The fraction of sp³-hybridized carbons (Fsp3) is 1.00. The van der Waals surface area contributed by atoms with Gasteiger partial charge in [0.25, 0.3) is 0 Å². The summed E-state index contributed by atoms with van der Waals surface area (Å²) in [6.07, 6.45) is 1.59. The van der Waals surface area contributed by atoms with Crippen molar-refractivity contribution in [2.75, 3.05) is 14.2 Å². The fourth-order valence-corrected chi connectivity index (χ4v) is 1.17. The monoisotopic (exact) mass is 210 g/mol. The van der Waals surface area contributed by atoms with Crippen LogP contribution >= 0.6 is 0 Å². The van der Waals surface area contributed by atoms with E-state index < -0.39 is 12.1 Å². The number of methoxy groups -OCH3 is 2. The van der Waals surface area contributed by atoms with Gasteiger partial charge in [-0.05, 0) is 6.42 Å². The van der Waals surface area contributed by atoms with Gasteiger partial charge in [-0.3, -0.25) is 0 Å². The Labute approximate surface area is 83.2 Å². The molecule has 6 heteroatoms. The lowest BCUT2D eigenvalue weighted by Crippen LogP contribution is -2.49. The van der Waals surface area contributed by atoms with Crippen LogP contribution in [0, 0.1) is 0 Å². The quantitative estimate of drug-likeness (QED) is 0.359. The van der Waals surface area contributed by atoms with E-state index in [9.17, 15) is 0 Å². The molecule has 0 rings (SSSR count). The first kappa shape index (κ1) is 13.8. The van der Waals surface area contributed by atoms with Gasteiger partial charge in [0, 0.05) is 14.2 Å². The van der Waals surface area contributed by atoms with Crippen LogP contribution in [0.5, 0.6) is 0 Å². The van der Waals surface area contributed by atoms with Crippen molar-refractivity contribution in [3.63, 3.8) is 0 Å². The topological polar surface area (TPSA) is 77.4 Å². The Morgan fingerprint density at radius 1 is 1.21 bits per heavy atom. The molecular weight excluding hydrogens is 192 g/mol. The van der Waals surface area contributed by atoms with Gasteiger partial charge in [0.2, 0.25) is 0 Å². The van der Waals surface area contributed by atoms with Gasteiger partial charge in [-0.2, -0.15) is 9.78 Å². The first-order valence-electron chi connectivity index (χ1n) is 4.43. The molecule has 0 aromatic carbocycles. The fourth-order valence-electron chi connectivity index (χ4n) is 1.17. The summed E-state index contributed by atoms with van der Waals surface area (Å²) in [5, 5.41) is 17.2. The molecule has 0 amide bonds. The Kier molecular flexibility index (Phi) is 6.98. The van der Waals surface area contributed by atoms with E-state index in [0.717, 1.165) is 12.8 Å². The summed E-state index contributed by atoms with van der Waals surface area (Å²) in [5.74, 6) is -1.97. The van der Waals surface area contributed by atoms with Crippen molar-refractivity contribution in [1.29, 1.82) is 0 Å². The second-order valence-corrected chi connectivity index (χ2v) is 2.86. The number of hydrogen-bond donors (Lipinski definition) is 2. The van der Waals surface area contributed by atoms with Crippen molar-refractivity contribution in [2.45, 2.75) is 38.3 Å². The van der Waals surface area contributed by atoms with Gasteiger partial charge in [0.05, 0.1) is 0 Å². The Morgan fingerprint density at radius 2 is 1.79 bits per heavy atom. The summed E-state index contributed by atoms with van der Waals surface area (Å²) < 4.78 is 9.71. The molecule has 0 aliphatic heterocycles. The largest absolute Gasteiger partial charge is 0.373 e. The summed E-state index contributed by atoms with van der Waals surface area (Å²) >= 11 is 0. The van der Waals surface area contributed by atoms with Crippen LogP contribution in [-0.4, -0.2) is 36.8 Å². The highest BCUT2D eigenvalue weighted by molar-refractivity contribution is 4.68. The third kappa shape index (κ3) is 3.16. The molecule has 14 heavy (non-hydrogen) atoms. The number of rotatable bonds is 8. The Balaban J connectivity index is 4.40. The van der Waals surface area contributed by atoms with Crippen LogP contribution < -0.4 is 0 Å². The number of hydrogen-bond acceptors (Lipinski definition) is 6. The van der Waals surface area contributed by atoms with Gasteiger partial charge in [0.1, 0.15) is 6.10 Å². The second kappa shape index (κ2) is 7.10. The van der Waals surface area contributed by atoms with Crippen LogP contribution in [0.2, 0.25) is 0 Å². The SMILES string of the molecule is CCCCC(OC)C(OC)(OO)OO. The minimum atomic E-state index is -1.97. The van der Waals surface area contributed by atoms with Crippen LogP contribution in [0.4, 0.5) is 0 Å². The maximum Gasteiger partial charge on any atom is 0.364 e. The normalized spacial score (nSPS) is 14.4. The van der Waals surface area contributed by atoms with E-state index in [4.69, 9.17) is 20.0 Å². The molecule has 0 radical (unpaired) electrons. The predicted molar refractivity (Wildman–Crippen MR) is 47.5 cm³/mol. The zero-order valence-electron chi connectivity index (χ0n) is 8.73. The number of ether oxygens (including phenoxy) is 2. The summed E-state index contributed by atoms with van der Waals surface area (Å²) in [6, 6.07) is 0. The molecule has 0 aliphatic rings. The lowest BCUT2D eigenvalue weighted by atomic mass is 10.1. The van der Waals surface area contributed by atoms with E-state index in [-0.39, 0.29) is 0 Å². The highest BCUT2D eigenvalue weighted by Gasteiger charge is 2.44. The Morgan fingerprint density at radius 3 is 2.07 bits per heavy atom. The van der Waals surface area contributed by atoms with Crippen LogP contribution in [-0.2, 0) is 19.2 Å². The highest BCUT2D eigenvalue weighted by Crippen LogP contribution is 2.23. The number of unbranched alkanes of at least 4 members (excludes halogenated alkanes) is 1. The summed E-state index contributed by atoms with van der Waals surface area (Å²) in [5.41, 5.74) is 0. The molecule has 1 atom stereocenters. The van der Waals surface area contributed by atoms with Gasteiger partial charge in [-0.25, -0.2) is 10.5 Å². The molecule has 0 aromatic heterocycles. The molecule has 1 unspecified atom stereocenters. The van der Waals surface area contributed by atoms with Crippen molar-refractivity contribution < 1.29 is 29.8 Å². The van der Waals surface area contributed by atoms with Crippen molar-refractivity contribution in [3.8, 4) is 0 Å². The predicted octanol–water partition coefficient (Wildman–Crippen LogP) is 1.47. The van der Waals surface area contributed by atoms with Gasteiger partial charge in [-0.15, -0.1) is 0 Å². The van der Waals surface area contributed by atoms with Crippen molar-refractivity contribution in [2.24, 2.45) is 0 Å². The molecule has 2 N–H and O–H groups in total. The molecule has 0 aliphatic carbocycles. The Hall–Kier alpha value is -0.240. The smallest absolute Gasteiger partial charge is 0.364 e. The summed E-state index contributed by atoms with van der Waals surface area (Å²) in [4.78, 5) is 7.93.